The molecule has 1 amide bonds. The first-order chi connectivity index (χ1) is 17.2. The molecular weight excluding hydrogens is 524 g/mol. The van der Waals surface area contributed by atoms with Gasteiger partial charge in [-0.05, 0) is 48.9 Å². The molecule has 3 aromatic rings. The van der Waals surface area contributed by atoms with Gasteiger partial charge in [0.25, 0.3) is 11.6 Å². The van der Waals surface area contributed by atoms with Crippen molar-refractivity contribution < 1.29 is 27.1 Å². The lowest BCUT2D eigenvalue weighted by Crippen LogP contribution is -2.27. The molecule has 36 heavy (non-hydrogen) atoms. The molecular formula is C24H18N2O7S3. The average molecular weight is 543 g/mol. The van der Waals surface area contributed by atoms with Gasteiger partial charge in [0.2, 0.25) is 0 Å². The molecule has 0 aromatic heterocycles. The van der Waals surface area contributed by atoms with Gasteiger partial charge in [0.05, 0.1) is 22.1 Å². The van der Waals surface area contributed by atoms with Crippen LogP contribution in [-0.4, -0.2) is 30.2 Å². The van der Waals surface area contributed by atoms with Gasteiger partial charge in [-0.1, -0.05) is 60.4 Å². The van der Waals surface area contributed by atoms with E-state index in [1.807, 2.05) is 18.2 Å². The van der Waals surface area contributed by atoms with Gasteiger partial charge in [0.15, 0.2) is 20.7 Å². The van der Waals surface area contributed by atoms with Crippen molar-refractivity contribution in [1.29, 1.82) is 0 Å². The molecule has 9 nitrogen and oxygen atoms in total. The van der Waals surface area contributed by atoms with Crippen LogP contribution in [0.3, 0.4) is 0 Å². The normalized spacial score (nSPS) is 14.8. The lowest BCUT2D eigenvalue weighted by Gasteiger charge is -2.14. The average Bonchev–Trinajstić information content (AvgIpc) is 3.13. The number of hydrogen-bond donors (Lipinski definition) is 0. The Morgan fingerprint density at radius 2 is 1.75 bits per heavy atom. The zero-order chi connectivity index (χ0) is 25.9. The fourth-order valence-electron chi connectivity index (χ4n) is 3.35. The van der Waals surface area contributed by atoms with E-state index in [-0.39, 0.29) is 24.0 Å². The van der Waals surface area contributed by atoms with Crippen LogP contribution in [-0.2, 0) is 14.9 Å². The molecule has 0 atom stereocenters. The van der Waals surface area contributed by atoms with Crippen molar-refractivity contribution in [2.45, 2.75) is 11.8 Å². The largest absolute Gasteiger partial charge is 0.490 e. The molecule has 12 heteroatoms. The fourth-order valence-corrected chi connectivity index (χ4v) is 5.76. The monoisotopic (exact) mass is 542 g/mol. The number of carbonyl (C=O) groups is 1. The maximum atomic E-state index is 13.0. The summed E-state index contributed by atoms with van der Waals surface area (Å²) in [6.45, 7) is 1.90. The first-order valence-corrected chi connectivity index (χ1v) is 13.1. The maximum Gasteiger partial charge on any atom is 0.346 e. The number of anilines is 1. The Kier molecular flexibility index (Phi) is 7.38. The van der Waals surface area contributed by atoms with Gasteiger partial charge in [-0.2, -0.15) is 8.42 Å². The highest BCUT2D eigenvalue weighted by Crippen LogP contribution is 2.38. The molecule has 1 fully saturated rings. The number of nitrogens with zero attached hydrogens (tertiary/aromatic N) is 2. The molecule has 1 saturated heterocycles. The number of ether oxygens (including phenoxy) is 1. The van der Waals surface area contributed by atoms with Gasteiger partial charge in [-0.3, -0.25) is 19.8 Å². The molecule has 0 saturated carbocycles. The van der Waals surface area contributed by atoms with Crippen molar-refractivity contribution in [3.8, 4) is 11.5 Å². The predicted octanol–water partition coefficient (Wildman–Crippen LogP) is 5.17. The molecule has 0 bridgehead atoms. The second-order valence-corrected chi connectivity index (χ2v) is 10.4. The highest BCUT2D eigenvalue weighted by molar-refractivity contribution is 8.27. The van der Waals surface area contributed by atoms with E-state index in [4.69, 9.17) is 21.1 Å². The van der Waals surface area contributed by atoms with Crippen LogP contribution in [0.15, 0.2) is 82.6 Å². The van der Waals surface area contributed by atoms with Crippen molar-refractivity contribution in [2.75, 3.05) is 11.5 Å². The Morgan fingerprint density at radius 1 is 1.06 bits per heavy atom. The van der Waals surface area contributed by atoms with E-state index in [1.54, 1.807) is 31.2 Å². The van der Waals surface area contributed by atoms with Gasteiger partial charge in [0.1, 0.15) is 0 Å². The Labute approximate surface area is 216 Å². The zero-order valence-electron chi connectivity index (χ0n) is 18.7. The van der Waals surface area contributed by atoms with Crippen LogP contribution in [0.1, 0.15) is 12.5 Å². The molecule has 0 spiro atoms. The summed E-state index contributed by atoms with van der Waals surface area (Å²) in [7, 11) is -4.54. The summed E-state index contributed by atoms with van der Waals surface area (Å²) in [5.74, 6) is -0.343. The Hall–Kier alpha value is -3.74. The van der Waals surface area contributed by atoms with E-state index < -0.39 is 25.6 Å². The summed E-state index contributed by atoms with van der Waals surface area (Å²) in [5, 5.41) is 11.3. The van der Waals surface area contributed by atoms with E-state index in [0.717, 1.165) is 23.9 Å². The third-order valence-corrected chi connectivity index (χ3v) is 7.49. The summed E-state index contributed by atoms with van der Waals surface area (Å²) < 4.78 is 36.8. The van der Waals surface area contributed by atoms with Gasteiger partial charge >= 0.3 is 10.1 Å². The van der Waals surface area contributed by atoms with Gasteiger partial charge in [0, 0.05) is 6.07 Å². The summed E-state index contributed by atoms with van der Waals surface area (Å²) in [6, 6.07) is 18.3. The number of thioether (sulfide) groups is 1. The molecule has 0 N–H and O–H groups in total. The van der Waals surface area contributed by atoms with Crippen LogP contribution in [0.25, 0.3) is 6.08 Å². The first kappa shape index (κ1) is 25.4. The third-order valence-electron chi connectivity index (χ3n) is 4.90. The van der Waals surface area contributed by atoms with E-state index in [9.17, 15) is 23.3 Å². The predicted molar refractivity (Wildman–Crippen MR) is 141 cm³/mol. The van der Waals surface area contributed by atoms with Crippen LogP contribution in [0.5, 0.6) is 11.5 Å². The number of thiocarbonyl (C=S) groups is 1. The highest BCUT2D eigenvalue weighted by Gasteiger charge is 2.33. The summed E-state index contributed by atoms with van der Waals surface area (Å²) in [6.07, 6.45) is 1.62. The van der Waals surface area contributed by atoms with Gasteiger partial charge < -0.3 is 8.92 Å². The Bertz CT molecular complexity index is 1490. The van der Waals surface area contributed by atoms with Gasteiger partial charge in [-0.15, -0.1) is 0 Å². The number of carbonyl (C=O) groups excluding carboxylic acids is 1. The van der Waals surface area contributed by atoms with E-state index in [2.05, 4.69) is 0 Å². The van der Waals surface area contributed by atoms with E-state index in [0.29, 0.717) is 20.5 Å². The molecule has 1 heterocycles. The smallest absolute Gasteiger partial charge is 0.346 e. The summed E-state index contributed by atoms with van der Waals surface area (Å²) in [4.78, 5) is 24.7. The van der Waals surface area contributed by atoms with Crippen LogP contribution in [0, 0.1) is 10.1 Å². The number of rotatable bonds is 8. The SMILES string of the molecule is CCOc1cc(/C=C2/SC(=S)N(c3ccccc3)C2=O)ccc1OS(=O)(=O)c1ccccc1[N+](=O)[O-]. The van der Waals surface area contributed by atoms with Crippen molar-refractivity contribution in [1.82, 2.24) is 0 Å². The van der Waals surface area contributed by atoms with Crippen molar-refractivity contribution in [3.05, 3.63) is 93.4 Å². The zero-order valence-corrected chi connectivity index (χ0v) is 21.1. The molecule has 0 aliphatic carbocycles. The molecule has 0 radical (unpaired) electrons. The van der Waals surface area contributed by atoms with Crippen LogP contribution >= 0.6 is 24.0 Å². The summed E-state index contributed by atoms with van der Waals surface area (Å²) in [5.41, 5.74) is 0.595. The molecule has 1 aliphatic heterocycles. The quantitative estimate of drug-likeness (QED) is 0.125. The number of para-hydroxylation sites is 2. The molecule has 184 valence electrons. The lowest BCUT2D eigenvalue weighted by atomic mass is 10.2. The van der Waals surface area contributed by atoms with Crippen LogP contribution in [0.4, 0.5) is 11.4 Å². The van der Waals surface area contributed by atoms with Crippen LogP contribution in [0.2, 0.25) is 0 Å². The standard InChI is InChI=1S/C24H18N2O7S3/c1-2-32-20-14-16(15-21-23(27)25(24(34)35-21)17-8-4-3-5-9-17)12-13-19(20)33-36(30,31)22-11-7-6-10-18(22)26(28)29/h3-15H,2H2,1H3/b21-15+. The molecule has 4 rings (SSSR count). The fraction of sp³-hybridized carbons (Fsp3) is 0.0833. The molecule has 1 aliphatic rings. The maximum absolute atomic E-state index is 13.0. The topological polar surface area (TPSA) is 116 Å². The minimum absolute atomic E-state index is 0.0898. The van der Waals surface area contributed by atoms with E-state index >= 15 is 0 Å². The van der Waals surface area contributed by atoms with Crippen molar-refractivity contribution in [2.24, 2.45) is 0 Å². The number of nitro benzene ring substituents is 1. The highest BCUT2D eigenvalue weighted by atomic mass is 32.2. The number of nitro groups is 1. The minimum Gasteiger partial charge on any atom is -0.490 e. The molecule has 3 aromatic carbocycles. The third kappa shape index (κ3) is 5.25. The summed E-state index contributed by atoms with van der Waals surface area (Å²) >= 11 is 6.53. The number of amides is 1. The Morgan fingerprint density at radius 3 is 2.44 bits per heavy atom. The second-order valence-electron chi connectivity index (χ2n) is 7.25. The van der Waals surface area contributed by atoms with Crippen molar-refractivity contribution >= 4 is 61.8 Å². The number of benzene rings is 3. The Balaban J connectivity index is 1.65. The minimum atomic E-state index is -4.54. The van der Waals surface area contributed by atoms with Gasteiger partial charge in [-0.25, -0.2) is 0 Å². The second kappa shape index (κ2) is 10.5. The van der Waals surface area contributed by atoms with E-state index in [1.165, 1.54) is 29.2 Å². The molecule has 0 unspecified atom stereocenters. The van der Waals surface area contributed by atoms with Crippen molar-refractivity contribution in [3.63, 3.8) is 0 Å². The van der Waals surface area contributed by atoms with Crippen LogP contribution < -0.4 is 13.8 Å². The first-order valence-electron chi connectivity index (χ1n) is 10.5. The number of hydrogen-bond acceptors (Lipinski definition) is 9. The lowest BCUT2D eigenvalue weighted by molar-refractivity contribution is -0.387.